The van der Waals surface area contributed by atoms with Crippen LogP contribution in [0.3, 0.4) is 0 Å². The van der Waals surface area contributed by atoms with Crippen LogP contribution in [-0.4, -0.2) is 14.8 Å². The van der Waals surface area contributed by atoms with Crippen LogP contribution in [-0.2, 0) is 7.05 Å². The van der Waals surface area contributed by atoms with E-state index < -0.39 is 0 Å². The van der Waals surface area contributed by atoms with Crippen LogP contribution in [0.2, 0.25) is 5.15 Å². The summed E-state index contributed by atoms with van der Waals surface area (Å²) < 4.78 is 2.56. The number of halogens is 2. The van der Waals surface area contributed by atoms with Crippen LogP contribution in [0.5, 0.6) is 0 Å². The molecule has 0 aliphatic heterocycles. The summed E-state index contributed by atoms with van der Waals surface area (Å²) in [7, 11) is 1.81. The monoisotopic (exact) mass is 245 g/mol. The van der Waals surface area contributed by atoms with Crippen molar-refractivity contribution in [1.29, 1.82) is 0 Å². The van der Waals surface area contributed by atoms with Crippen molar-refractivity contribution in [3.8, 4) is 0 Å². The fraction of sp³-hybridized carbons (Fsp3) is 0.143. The van der Waals surface area contributed by atoms with Gasteiger partial charge in [0.1, 0.15) is 0 Å². The molecule has 2 heterocycles. The number of hydrogen-bond acceptors (Lipinski definition) is 2. The molecule has 0 saturated heterocycles. The van der Waals surface area contributed by atoms with Gasteiger partial charge in [0.2, 0.25) is 0 Å². The molecule has 0 aliphatic rings. The van der Waals surface area contributed by atoms with Crippen LogP contribution in [0.1, 0.15) is 0 Å². The number of hydrogen-bond donors (Lipinski definition) is 0. The second-order valence-electron chi connectivity index (χ2n) is 2.44. The fourth-order valence-corrected chi connectivity index (χ4v) is 1.66. The van der Waals surface area contributed by atoms with Gasteiger partial charge in [0, 0.05) is 17.7 Å². The molecule has 0 saturated carbocycles. The summed E-state index contributed by atoms with van der Waals surface area (Å²) in [5.41, 5.74) is 0.795. The molecule has 0 radical (unpaired) electrons. The molecular weight excluding hydrogens is 241 g/mol. The van der Waals surface area contributed by atoms with Gasteiger partial charge < -0.3 is 0 Å². The van der Waals surface area contributed by atoms with Gasteiger partial charge in [-0.3, -0.25) is 0 Å². The Labute approximate surface area is 82.5 Å². The Kier molecular flexibility index (Phi) is 1.81. The molecule has 0 amide bonds. The van der Waals surface area contributed by atoms with E-state index >= 15 is 0 Å². The van der Waals surface area contributed by atoms with Gasteiger partial charge in [-0.05, 0) is 22.0 Å². The summed E-state index contributed by atoms with van der Waals surface area (Å²) in [5.74, 6) is 0. The quantitative estimate of drug-likeness (QED) is 0.714. The predicted octanol–water partition coefficient (Wildman–Crippen LogP) is 2.38. The molecule has 5 heteroatoms. The zero-order chi connectivity index (χ0) is 8.72. The first-order chi connectivity index (χ1) is 5.68. The van der Waals surface area contributed by atoms with Gasteiger partial charge in [0.25, 0.3) is 0 Å². The SMILES string of the molecule is Cn1nc(Cl)c2cc(Br)cnc21. The molecule has 0 bridgehead atoms. The highest BCUT2D eigenvalue weighted by Crippen LogP contribution is 2.23. The van der Waals surface area contributed by atoms with Gasteiger partial charge in [-0.1, -0.05) is 11.6 Å². The maximum absolute atomic E-state index is 5.86. The van der Waals surface area contributed by atoms with Crippen molar-refractivity contribution < 1.29 is 0 Å². The number of pyridine rings is 1. The molecule has 0 unspecified atom stereocenters. The van der Waals surface area contributed by atoms with E-state index in [2.05, 4.69) is 26.0 Å². The molecular formula is C7H5BrClN3. The zero-order valence-electron chi connectivity index (χ0n) is 6.25. The summed E-state index contributed by atoms with van der Waals surface area (Å²) in [6, 6.07) is 1.90. The van der Waals surface area contributed by atoms with Crippen molar-refractivity contribution in [1.82, 2.24) is 14.8 Å². The maximum Gasteiger partial charge on any atom is 0.160 e. The van der Waals surface area contributed by atoms with Crippen LogP contribution >= 0.6 is 27.5 Å². The number of aryl methyl sites for hydroxylation is 1. The number of fused-ring (bicyclic) bond motifs is 1. The summed E-state index contributed by atoms with van der Waals surface area (Å²) in [4.78, 5) is 4.17. The summed E-state index contributed by atoms with van der Waals surface area (Å²) in [6.45, 7) is 0. The summed E-state index contributed by atoms with van der Waals surface area (Å²) in [5, 5.41) is 5.39. The van der Waals surface area contributed by atoms with E-state index in [1.54, 1.807) is 10.9 Å². The third-order valence-corrected chi connectivity index (χ3v) is 2.31. The Balaban J connectivity index is 2.90. The Morgan fingerprint density at radius 3 is 3.08 bits per heavy atom. The fourth-order valence-electron chi connectivity index (χ4n) is 1.07. The van der Waals surface area contributed by atoms with Crippen molar-refractivity contribution in [3.63, 3.8) is 0 Å². The Hall–Kier alpha value is -0.610. The van der Waals surface area contributed by atoms with Crippen molar-refractivity contribution in [2.24, 2.45) is 7.05 Å². The van der Waals surface area contributed by atoms with E-state index in [4.69, 9.17) is 11.6 Å². The van der Waals surface area contributed by atoms with Crippen LogP contribution in [0.4, 0.5) is 0 Å². The van der Waals surface area contributed by atoms with Gasteiger partial charge in [0.15, 0.2) is 10.8 Å². The molecule has 0 aliphatic carbocycles. The van der Waals surface area contributed by atoms with Crippen LogP contribution < -0.4 is 0 Å². The van der Waals surface area contributed by atoms with Crippen molar-refractivity contribution in [2.75, 3.05) is 0 Å². The lowest BCUT2D eigenvalue weighted by Gasteiger charge is -1.91. The molecule has 62 valence electrons. The number of rotatable bonds is 0. The maximum atomic E-state index is 5.86. The first kappa shape index (κ1) is 8.01. The smallest absolute Gasteiger partial charge is 0.160 e. The van der Waals surface area contributed by atoms with E-state index in [9.17, 15) is 0 Å². The van der Waals surface area contributed by atoms with Gasteiger partial charge in [-0.2, -0.15) is 5.10 Å². The second-order valence-corrected chi connectivity index (χ2v) is 3.71. The molecule has 2 aromatic rings. The van der Waals surface area contributed by atoms with E-state index in [-0.39, 0.29) is 0 Å². The average molecular weight is 246 g/mol. The van der Waals surface area contributed by atoms with Crippen LogP contribution in [0, 0.1) is 0 Å². The standard InChI is InChI=1S/C7H5BrClN3/c1-12-7-5(6(9)11-12)2-4(8)3-10-7/h2-3H,1H3. The third-order valence-electron chi connectivity index (χ3n) is 1.60. The second kappa shape index (κ2) is 2.71. The zero-order valence-corrected chi connectivity index (χ0v) is 8.59. The molecule has 0 N–H and O–H groups in total. The van der Waals surface area contributed by atoms with Crippen molar-refractivity contribution in [2.45, 2.75) is 0 Å². The van der Waals surface area contributed by atoms with E-state index in [0.29, 0.717) is 5.15 Å². The first-order valence-electron chi connectivity index (χ1n) is 3.32. The summed E-state index contributed by atoms with van der Waals surface area (Å²) >= 11 is 9.17. The Morgan fingerprint density at radius 1 is 1.58 bits per heavy atom. The lowest BCUT2D eigenvalue weighted by Crippen LogP contribution is -1.90. The van der Waals surface area contributed by atoms with Gasteiger partial charge in [-0.25, -0.2) is 9.67 Å². The number of aromatic nitrogens is 3. The van der Waals surface area contributed by atoms with Crippen LogP contribution in [0.15, 0.2) is 16.7 Å². The largest absolute Gasteiger partial charge is 0.249 e. The van der Waals surface area contributed by atoms with Gasteiger partial charge in [-0.15, -0.1) is 0 Å². The molecule has 2 aromatic heterocycles. The van der Waals surface area contributed by atoms with E-state index in [1.807, 2.05) is 13.1 Å². The predicted molar refractivity (Wildman–Crippen MR) is 51.2 cm³/mol. The third kappa shape index (κ3) is 1.11. The minimum Gasteiger partial charge on any atom is -0.249 e. The minimum atomic E-state index is 0.487. The average Bonchev–Trinajstić information content (AvgIpc) is 2.28. The lowest BCUT2D eigenvalue weighted by molar-refractivity contribution is 0.786. The van der Waals surface area contributed by atoms with E-state index in [1.165, 1.54) is 0 Å². The molecule has 3 nitrogen and oxygen atoms in total. The minimum absolute atomic E-state index is 0.487. The molecule has 0 spiro atoms. The molecule has 0 fully saturated rings. The highest BCUT2D eigenvalue weighted by molar-refractivity contribution is 9.10. The van der Waals surface area contributed by atoms with Gasteiger partial charge >= 0.3 is 0 Å². The number of nitrogens with zero attached hydrogens (tertiary/aromatic N) is 3. The van der Waals surface area contributed by atoms with Gasteiger partial charge in [0.05, 0.1) is 5.39 Å². The van der Waals surface area contributed by atoms with Crippen molar-refractivity contribution in [3.05, 3.63) is 21.9 Å². The van der Waals surface area contributed by atoms with Crippen LogP contribution in [0.25, 0.3) is 11.0 Å². The lowest BCUT2D eigenvalue weighted by atomic mass is 10.4. The Morgan fingerprint density at radius 2 is 2.33 bits per heavy atom. The highest BCUT2D eigenvalue weighted by Gasteiger charge is 2.06. The van der Waals surface area contributed by atoms with E-state index in [0.717, 1.165) is 15.5 Å². The Bertz CT molecular complexity index is 437. The van der Waals surface area contributed by atoms with Crippen molar-refractivity contribution >= 4 is 38.6 Å². The first-order valence-corrected chi connectivity index (χ1v) is 4.49. The molecule has 2 rings (SSSR count). The molecule has 0 aromatic carbocycles. The molecule has 12 heavy (non-hydrogen) atoms. The topological polar surface area (TPSA) is 30.7 Å². The highest BCUT2D eigenvalue weighted by atomic mass is 79.9. The summed E-state index contributed by atoms with van der Waals surface area (Å²) in [6.07, 6.45) is 1.72. The normalized spacial score (nSPS) is 10.9. The molecule has 0 atom stereocenters.